The fourth-order valence-electron chi connectivity index (χ4n) is 3.04. The summed E-state index contributed by atoms with van der Waals surface area (Å²) in [6.45, 7) is -0.0935. The maximum atomic E-state index is 14.4. The SMILES string of the molecule is CNC(=O)C1=CN(CCC(F)Cn2cc(C(=O)NCc3cncc(C(F)(F)F)c3)nn2)NN1C. The first-order chi connectivity index (χ1) is 16.1. The molecule has 2 aromatic heterocycles. The number of aromatic nitrogens is 4. The van der Waals surface area contributed by atoms with Crippen LogP contribution in [0.5, 0.6) is 0 Å². The Morgan fingerprint density at radius 2 is 2.00 bits per heavy atom. The molecule has 184 valence electrons. The van der Waals surface area contributed by atoms with Gasteiger partial charge in [-0.3, -0.25) is 24.6 Å². The van der Waals surface area contributed by atoms with Crippen LogP contribution in [0.25, 0.3) is 0 Å². The molecule has 1 aliphatic rings. The van der Waals surface area contributed by atoms with E-state index in [1.807, 2.05) is 0 Å². The van der Waals surface area contributed by atoms with Crippen LogP contribution in [-0.4, -0.2) is 68.6 Å². The first-order valence-corrected chi connectivity index (χ1v) is 10.1. The standard InChI is InChI=1S/C19H23F4N9O2/c1-24-18(34)16-11-31(29-30(16)2)4-3-14(20)9-32-10-15(27-28-32)17(33)26-7-12-5-13(8-25-6-12)19(21,22)23/h5-6,8,10-11,14,29H,3-4,7,9H2,1-2H3,(H,24,34)(H,26,33). The molecule has 0 fully saturated rings. The van der Waals surface area contributed by atoms with Crippen molar-refractivity contribution in [2.75, 3.05) is 20.6 Å². The molecule has 0 aromatic carbocycles. The summed E-state index contributed by atoms with van der Waals surface area (Å²) >= 11 is 0. The Labute approximate surface area is 191 Å². The maximum absolute atomic E-state index is 14.4. The number of hydrogen-bond acceptors (Lipinski definition) is 8. The number of alkyl halides is 4. The van der Waals surface area contributed by atoms with Crippen LogP contribution in [0.1, 0.15) is 28.0 Å². The molecule has 0 radical (unpaired) electrons. The van der Waals surface area contributed by atoms with Crippen molar-refractivity contribution in [1.29, 1.82) is 0 Å². The Morgan fingerprint density at radius 3 is 2.71 bits per heavy atom. The number of carbonyl (C=O) groups excluding carboxylic acids is 2. The van der Waals surface area contributed by atoms with Crippen LogP contribution >= 0.6 is 0 Å². The van der Waals surface area contributed by atoms with E-state index in [9.17, 15) is 27.2 Å². The topological polar surface area (TPSA) is 120 Å². The highest BCUT2D eigenvalue weighted by molar-refractivity contribution is 5.92. The molecule has 1 unspecified atom stereocenters. The minimum Gasteiger partial charge on any atom is -0.354 e. The van der Waals surface area contributed by atoms with Gasteiger partial charge in [-0.05, 0) is 18.1 Å². The van der Waals surface area contributed by atoms with Crippen molar-refractivity contribution >= 4 is 11.8 Å². The summed E-state index contributed by atoms with van der Waals surface area (Å²) in [6.07, 6.45) is -1.05. The first kappa shape index (κ1) is 24.9. The molecule has 0 aliphatic carbocycles. The molecule has 1 atom stereocenters. The molecular weight excluding hydrogens is 462 g/mol. The van der Waals surface area contributed by atoms with Gasteiger partial charge in [0.05, 0.1) is 18.3 Å². The predicted molar refractivity (Wildman–Crippen MR) is 110 cm³/mol. The summed E-state index contributed by atoms with van der Waals surface area (Å²) in [6, 6.07) is 0.887. The van der Waals surface area contributed by atoms with Crippen molar-refractivity contribution in [2.45, 2.75) is 31.9 Å². The lowest BCUT2D eigenvalue weighted by Crippen LogP contribution is -2.41. The van der Waals surface area contributed by atoms with E-state index in [0.29, 0.717) is 11.9 Å². The normalized spacial score (nSPS) is 14.7. The molecule has 2 amide bonds. The molecule has 3 rings (SSSR count). The van der Waals surface area contributed by atoms with Gasteiger partial charge in [0, 0.05) is 45.8 Å². The number of hydrazine groups is 2. The molecule has 11 nitrogen and oxygen atoms in total. The van der Waals surface area contributed by atoms with Crippen LogP contribution < -0.4 is 16.2 Å². The summed E-state index contributed by atoms with van der Waals surface area (Å²) in [5.41, 5.74) is 2.41. The van der Waals surface area contributed by atoms with E-state index < -0.39 is 23.8 Å². The second kappa shape index (κ2) is 10.5. The fourth-order valence-corrected chi connectivity index (χ4v) is 3.04. The third kappa shape index (κ3) is 6.40. The quantitative estimate of drug-likeness (QED) is 0.442. The summed E-state index contributed by atoms with van der Waals surface area (Å²) in [7, 11) is 3.16. The van der Waals surface area contributed by atoms with Crippen molar-refractivity contribution < 1.29 is 27.2 Å². The average molecular weight is 485 g/mol. The zero-order valence-electron chi connectivity index (χ0n) is 18.3. The van der Waals surface area contributed by atoms with Gasteiger partial charge >= 0.3 is 6.18 Å². The number of nitrogens with zero attached hydrogens (tertiary/aromatic N) is 6. The predicted octanol–water partition coefficient (Wildman–Crippen LogP) is 0.605. The van der Waals surface area contributed by atoms with Gasteiger partial charge in [-0.15, -0.1) is 10.6 Å². The highest BCUT2D eigenvalue weighted by Gasteiger charge is 2.31. The highest BCUT2D eigenvalue weighted by atomic mass is 19.4. The van der Waals surface area contributed by atoms with Crippen LogP contribution in [0.3, 0.4) is 0 Å². The molecule has 34 heavy (non-hydrogen) atoms. The van der Waals surface area contributed by atoms with E-state index >= 15 is 0 Å². The monoisotopic (exact) mass is 485 g/mol. The molecule has 2 aromatic rings. The van der Waals surface area contributed by atoms with Crippen molar-refractivity contribution in [3.63, 3.8) is 0 Å². The summed E-state index contributed by atoms with van der Waals surface area (Å²) in [4.78, 5) is 27.5. The molecule has 0 saturated carbocycles. The zero-order valence-corrected chi connectivity index (χ0v) is 18.3. The Morgan fingerprint density at radius 1 is 1.24 bits per heavy atom. The van der Waals surface area contributed by atoms with E-state index in [4.69, 9.17) is 0 Å². The van der Waals surface area contributed by atoms with E-state index in [2.05, 4.69) is 31.5 Å². The van der Waals surface area contributed by atoms with Gasteiger partial charge in [0.15, 0.2) is 5.69 Å². The molecule has 0 bridgehead atoms. The number of likely N-dealkylation sites (N-methyl/N-ethyl adjacent to an activating group) is 2. The minimum absolute atomic E-state index is 0.0995. The smallest absolute Gasteiger partial charge is 0.354 e. The van der Waals surface area contributed by atoms with Crippen molar-refractivity contribution in [3.8, 4) is 0 Å². The fraction of sp³-hybridized carbons (Fsp3) is 0.421. The van der Waals surface area contributed by atoms with Gasteiger partial charge in [-0.2, -0.15) is 13.2 Å². The number of nitrogens with one attached hydrogen (secondary N) is 3. The Balaban J connectivity index is 1.47. The lowest BCUT2D eigenvalue weighted by atomic mass is 10.2. The number of halogens is 4. The van der Waals surface area contributed by atoms with Gasteiger partial charge in [0.2, 0.25) is 0 Å². The zero-order chi connectivity index (χ0) is 24.9. The minimum atomic E-state index is -4.54. The average Bonchev–Trinajstić information content (AvgIpc) is 3.41. The van der Waals surface area contributed by atoms with Gasteiger partial charge in [-0.25, -0.2) is 9.07 Å². The summed E-state index contributed by atoms with van der Waals surface area (Å²) in [5.74, 6) is -0.956. The van der Waals surface area contributed by atoms with E-state index in [-0.39, 0.29) is 43.2 Å². The molecule has 0 spiro atoms. The molecule has 3 N–H and O–H groups in total. The number of rotatable bonds is 9. The van der Waals surface area contributed by atoms with Gasteiger partial charge in [0.1, 0.15) is 11.9 Å². The first-order valence-electron chi connectivity index (χ1n) is 10.1. The summed E-state index contributed by atoms with van der Waals surface area (Å²) in [5, 5.41) is 15.4. The number of carbonyl (C=O) groups is 2. The van der Waals surface area contributed by atoms with Crippen LogP contribution in [-0.2, 0) is 24.1 Å². The number of amides is 2. The Bertz CT molecular complexity index is 1060. The van der Waals surface area contributed by atoms with Gasteiger partial charge < -0.3 is 10.6 Å². The second-order valence-corrected chi connectivity index (χ2v) is 7.42. The molecule has 3 heterocycles. The number of pyridine rings is 1. The Hall–Kier alpha value is -3.75. The third-order valence-electron chi connectivity index (χ3n) is 4.79. The van der Waals surface area contributed by atoms with E-state index in [0.717, 1.165) is 6.07 Å². The van der Waals surface area contributed by atoms with Crippen molar-refractivity contribution in [2.24, 2.45) is 0 Å². The van der Waals surface area contributed by atoms with Crippen molar-refractivity contribution in [1.82, 2.24) is 46.2 Å². The van der Waals surface area contributed by atoms with Gasteiger partial charge in [0.25, 0.3) is 11.8 Å². The molecular formula is C19H23F4N9O2. The number of hydrogen-bond donors (Lipinski definition) is 3. The molecule has 15 heteroatoms. The molecule has 0 saturated heterocycles. The molecule has 1 aliphatic heterocycles. The van der Waals surface area contributed by atoms with Crippen LogP contribution in [0, 0.1) is 0 Å². The highest BCUT2D eigenvalue weighted by Crippen LogP contribution is 2.28. The van der Waals surface area contributed by atoms with Gasteiger partial charge in [-0.1, -0.05) is 5.21 Å². The largest absolute Gasteiger partial charge is 0.417 e. The summed E-state index contributed by atoms with van der Waals surface area (Å²) < 4.78 is 53.9. The lowest BCUT2D eigenvalue weighted by molar-refractivity contribution is -0.137. The van der Waals surface area contributed by atoms with Crippen molar-refractivity contribution in [3.05, 3.63) is 53.4 Å². The Kier molecular flexibility index (Phi) is 7.65. The van der Waals surface area contributed by atoms with Crippen LogP contribution in [0.2, 0.25) is 0 Å². The third-order valence-corrected chi connectivity index (χ3v) is 4.79. The van der Waals surface area contributed by atoms with Crippen LogP contribution in [0.4, 0.5) is 17.6 Å². The maximum Gasteiger partial charge on any atom is 0.417 e. The lowest BCUT2D eigenvalue weighted by Gasteiger charge is -2.20. The van der Waals surface area contributed by atoms with E-state index in [1.54, 1.807) is 18.3 Å². The van der Waals surface area contributed by atoms with E-state index in [1.165, 1.54) is 29.1 Å². The second-order valence-electron chi connectivity index (χ2n) is 7.42. The van der Waals surface area contributed by atoms with Crippen LogP contribution in [0.15, 0.2) is 36.6 Å².